The SMILES string of the molecule is CO[Si](CCOC1CCC2OC2C1)(OC)OC. The van der Waals surface area contributed by atoms with Crippen molar-refractivity contribution < 1.29 is 22.8 Å². The fourth-order valence-corrected chi connectivity index (χ4v) is 3.91. The predicted octanol–water partition coefficient (Wildman–Crippen LogP) is 1.20. The van der Waals surface area contributed by atoms with Crippen LogP contribution in [0.15, 0.2) is 0 Å². The van der Waals surface area contributed by atoms with Crippen molar-refractivity contribution in [2.75, 3.05) is 27.9 Å². The maximum atomic E-state index is 5.86. The summed E-state index contributed by atoms with van der Waals surface area (Å²) < 4.78 is 27.4. The first kappa shape index (κ1) is 13.4. The first-order chi connectivity index (χ1) is 8.23. The van der Waals surface area contributed by atoms with Crippen molar-refractivity contribution in [3.63, 3.8) is 0 Å². The fourth-order valence-electron chi connectivity index (χ4n) is 2.43. The van der Waals surface area contributed by atoms with Crippen molar-refractivity contribution in [3.8, 4) is 0 Å². The number of hydrogen-bond donors (Lipinski definition) is 0. The van der Waals surface area contributed by atoms with Gasteiger partial charge in [-0.15, -0.1) is 0 Å². The topological polar surface area (TPSA) is 49.5 Å². The van der Waals surface area contributed by atoms with Crippen LogP contribution in [0.4, 0.5) is 0 Å². The van der Waals surface area contributed by atoms with Crippen LogP contribution in [0.25, 0.3) is 0 Å². The maximum Gasteiger partial charge on any atom is 0.502 e. The molecule has 0 aromatic rings. The number of epoxide rings is 1. The summed E-state index contributed by atoms with van der Waals surface area (Å²) in [5, 5.41) is 0. The Hall–Kier alpha value is 0.0169. The molecule has 1 aliphatic heterocycles. The molecule has 0 radical (unpaired) electrons. The van der Waals surface area contributed by atoms with Gasteiger partial charge in [-0.25, -0.2) is 0 Å². The zero-order chi connectivity index (χ0) is 12.3. The molecular formula is C11H22O5Si. The van der Waals surface area contributed by atoms with E-state index in [0.29, 0.717) is 31.0 Å². The normalized spacial score (nSPS) is 32.3. The summed E-state index contributed by atoms with van der Waals surface area (Å²) in [5.74, 6) is 0. The molecule has 17 heavy (non-hydrogen) atoms. The quantitative estimate of drug-likeness (QED) is 0.510. The van der Waals surface area contributed by atoms with Crippen LogP contribution in [0.1, 0.15) is 19.3 Å². The Labute approximate surface area is 104 Å². The molecule has 6 heteroatoms. The lowest BCUT2D eigenvalue weighted by molar-refractivity contribution is 0.0302. The van der Waals surface area contributed by atoms with Crippen molar-refractivity contribution in [3.05, 3.63) is 0 Å². The van der Waals surface area contributed by atoms with Crippen molar-refractivity contribution in [1.82, 2.24) is 0 Å². The number of fused-ring (bicyclic) bond motifs is 1. The van der Waals surface area contributed by atoms with Gasteiger partial charge in [-0.1, -0.05) is 0 Å². The molecule has 2 fully saturated rings. The predicted molar refractivity (Wildman–Crippen MR) is 63.8 cm³/mol. The van der Waals surface area contributed by atoms with E-state index < -0.39 is 8.80 Å². The molecule has 0 aromatic heterocycles. The van der Waals surface area contributed by atoms with Gasteiger partial charge in [0.25, 0.3) is 0 Å². The highest BCUT2D eigenvalue weighted by molar-refractivity contribution is 6.60. The van der Waals surface area contributed by atoms with E-state index in [0.717, 1.165) is 19.3 Å². The highest BCUT2D eigenvalue weighted by Crippen LogP contribution is 2.37. The van der Waals surface area contributed by atoms with E-state index in [9.17, 15) is 0 Å². The lowest BCUT2D eigenvalue weighted by Gasteiger charge is -2.26. The van der Waals surface area contributed by atoms with Crippen molar-refractivity contribution >= 4 is 8.80 Å². The molecule has 1 saturated heterocycles. The summed E-state index contributed by atoms with van der Waals surface area (Å²) in [5.41, 5.74) is 0. The minimum Gasteiger partial charge on any atom is -0.378 e. The summed E-state index contributed by atoms with van der Waals surface area (Å²) in [6.07, 6.45) is 4.59. The Balaban J connectivity index is 1.67. The van der Waals surface area contributed by atoms with Crippen molar-refractivity contribution in [2.24, 2.45) is 0 Å². The summed E-state index contributed by atoms with van der Waals surface area (Å²) in [6.45, 7) is 0.629. The molecule has 1 saturated carbocycles. The first-order valence-corrected chi connectivity index (χ1v) is 8.08. The van der Waals surface area contributed by atoms with E-state index in [1.807, 2.05) is 0 Å². The maximum absolute atomic E-state index is 5.86. The summed E-state index contributed by atoms with van der Waals surface area (Å²) >= 11 is 0. The van der Waals surface area contributed by atoms with Crippen molar-refractivity contribution in [1.29, 1.82) is 0 Å². The second kappa shape index (κ2) is 5.77. The minimum absolute atomic E-state index is 0.330. The Morgan fingerprint density at radius 2 is 1.76 bits per heavy atom. The van der Waals surface area contributed by atoms with Gasteiger partial charge in [-0.3, -0.25) is 0 Å². The van der Waals surface area contributed by atoms with Gasteiger partial charge in [0, 0.05) is 33.8 Å². The molecular weight excluding hydrogens is 240 g/mol. The fraction of sp³-hybridized carbons (Fsp3) is 1.00. The second-order valence-corrected chi connectivity index (χ2v) is 7.65. The standard InChI is InChI=1S/C11H22O5Si/c1-12-17(13-2,14-3)7-6-15-9-4-5-10-11(8-9)16-10/h9-11H,4-8H2,1-3H3. The average Bonchev–Trinajstić information content (AvgIpc) is 3.14. The molecule has 0 N–H and O–H groups in total. The van der Waals surface area contributed by atoms with Gasteiger partial charge in [0.1, 0.15) is 0 Å². The van der Waals surface area contributed by atoms with Gasteiger partial charge in [0.05, 0.1) is 24.9 Å². The molecule has 1 heterocycles. The third kappa shape index (κ3) is 3.27. The van der Waals surface area contributed by atoms with E-state index in [1.165, 1.54) is 0 Å². The number of ether oxygens (including phenoxy) is 2. The molecule has 2 rings (SSSR count). The van der Waals surface area contributed by atoms with Gasteiger partial charge in [-0.2, -0.15) is 0 Å². The van der Waals surface area contributed by atoms with E-state index in [1.54, 1.807) is 21.3 Å². The highest BCUT2D eigenvalue weighted by Gasteiger charge is 2.44. The largest absolute Gasteiger partial charge is 0.502 e. The smallest absolute Gasteiger partial charge is 0.378 e. The summed E-state index contributed by atoms with van der Waals surface area (Å²) in [7, 11) is 2.42. The molecule has 0 aromatic carbocycles. The van der Waals surface area contributed by atoms with Crippen LogP contribution in [0.2, 0.25) is 6.04 Å². The minimum atomic E-state index is -2.46. The average molecular weight is 262 g/mol. The van der Waals surface area contributed by atoms with Gasteiger partial charge in [0.15, 0.2) is 0 Å². The summed E-state index contributed by atoms with van der Waals surface area (Å²) in [4.78, 5) is 0. The Bertz CT molecular complexity index is 238. The third-order valence-corrected chi connectivity index (χ3v) is 6.33. The van der Waals surface area contributed by atoms with Crippen LogP contribution in [-0.2, 0) is 22.8 Å². The van der Waals surface area contributed by atoms with Gasteiger partial charge < -0.3 is 22.8 Å². The molecule has 3 unspecified atom stereocenters. The van der Waals surface area contributed by atoms with E-state index in [-0.39, 0.29) is 0 Å². The van der Waals surface area contributed by atoms with E-state index >= 15 is 0 Å². The number of rotatable bonds is 7. The molecule has 3 atom stereocenters. The van der Waals surface area contributed by atoms with Crippen LogP contribution < -0.4 is 0 Å². The first-order valence-electron chi connectivity index (χ1n) is 6.15. The molecule has 0 amide bonds. The van der Waals surface area contributed by atoms with Crippen LogP contribution >= 0.6 is 0 Å². The Morgan fingerprint density at radius 1 is 1.06 bits per heavy atom. The van der Waals surface area contributed by atoms with Crippen LogP contribution in [-0.4, -0.2) is 55.1 Å². The lowest BCUT2D eigenvalue weighted by Crippen LogP contribution is -2.44. The molecule has 0 spiro atoms. The second-order valence-electron chi connectivity index (χ2n) is 4.56. The molecule has 2 aliphatic rings. The van der Waals surface area contributed by atoms with Gasteiger partial charge >= 0.3 is 8.80 Å². The zero-order valence-electron chi connectivity index (χ0n) is 10.8. The van der Waals surface area contributed by atoms with Crippen LogP contribution in [0.3, 0.4) is 0 Å². The molecule has 0 bridgehead atoms. The molecule has 5 nitrogen and oxygen atoms in total. The monoisotopic (exact) mass is 262 g/mol. The van der Waals surface area contributed by atoms with Gasteiger partial charge in [0.2, 0.25) is 0 Å². The lowest BCUT2D eigenvalue weighted by atomic mass is 9.98. The third-order valence-electron chi connectivity index (χ3n) is 3.65. The van der Waals surface area contributed by atoms with Crippen molar-refractivity contribution in [2.45, 2.75) is 43.6 Å². The summed E-state index contributed by atoms with van der Waals surface area (Å²) in [6, 6.07) is 0.696. The van der Waals surface area contributed by atoms with Gasteiger partial charge in [-0.05, 0) is 12.8 Å². The highest BCUT2D eigenvalue weighted by atomic mass is 28.4. The Kier molecular flexibility index (Phi) is 4.57. The number of hydrogen-bond acceptors (Lipinski definition) is 5. The Morgan fingerprint density at radius 3 is 2.35 bits per heavy atom. The molecule has 100 valence electrons. The van der Waals surface area contributed by atoms with Crippen LogP contribution in [0.5, 0.6) is 0 Å². The van der Waals surface area contributed by atoms with E-state index in [2.05, 4.69) is 0 Å². The zero-order valence-corrected chi connectivity index (χ0v) is 11.8. The molecule has 1 aliphatic carbocycles. The van der Waals surface area contributed by atoms with E-state index in [4.69, 9.17) is 22.8 Å². The van der Waals surface area contributed by atoms with Crippen LogP contribution in [0, 0.1) is 0 Å².